The Kier molecular flexibility index (Phi) is 3.37. The van der Waals surface area contributed by atoms with Crippen molar-refractivity contribution in [3.63, 3.8) is 0 Å². The number of aromatic carboxylic acids is 1. The number of anilines is 1. The molecule has 20 heavy (non-hydrogen) atoms. The van der Waals surface area contributed by atoms with Gasteiger partial charge in [-0.05, 0) is 48.2 Å². The van der Waals surface area contributed by atoms with Gasteiger partial charge in [-0.2, -0.15) is 0 Å². The molecule has 102 valence electrons. The predicted molar refractivity (Wildman–Crippen MR) is 77.0 cm³/mol. The van der Waals surface area contributed by atoms with Crippen molar-refractivity contribution in [2.75, 3.05) is 11.4 Å². The fourth-order valence-electron chi connectivity index (χ4n) is 2.68. The highest BCUT2D eigenvalue weighted by molar-refractivity contribution is 5.88. The number of carboxylic acids is 1. The van der Waals surface area contributed by atoms with Crippen molar-refractivity contribution in [1.82, 2.24) is 4.98 Å². The zero-order valence-electron chi connectivity index (χ0n) is 11.1. The highest BCUT2D eigenvalue weighted by atomic mass is 16.4. The number of aromatic nitrogens is 1. The molecule has 0 atom stereocenters. The molecule has 0 spiro atoms. The maximum atomic E-state index is 11.0. The summed E-state index contributed by atoms with van der Waals surface area (Å²) in [5, 5.41) is 9.07. The van der Waals surface area contributed by atoms with Crippen LogP contribution in [0.1, 0.15) is 27.9 Å². The molecule has 1 aromatic heterocycles. The van der Waals surface area contributed by atoms with E-state index in [4.69, 9.17) is 5.11 Å². The Balaban J connectivity index is 1.88. The first-order valence-corrected chi connectivity index (χ1v) is 6.74. The van der Waals surface area contributed by atoms with E-state index in [1.54, 1.807) is 18.3 Å². The van der Waals surface area contributed by atoms with Gasteiger partial charge < -0.3 is 10.0 Å². The molecular weight excluding hydrogens is 252 g/mol. The minimum absolute atomic E-state index is 0.368. The van der Waals surface area contributed by atoms with Gasteiger partial charge in [-0.15, -0.1) is 0 Å². The molecule has 0 saturated heterocycles. The number of aryl methyl sites for hydroxylation is 1. The summed E-state index contributed by atoms with van der Waals surface area (Å²) in [6, 6.07) is 9.41. The topological polar surface area (TPSA) is 53.4 Å². The van der Waals surface area contributed by atoms with Gasteiger partial charge in [0.05, 0.1) is 5.56 Å². The summed E-state index contributed by atoms with van der Waals surface area (Å²) in [5.74, 6) is -0.864. The molecule has 0 saturated carbocycles. The van der Waals surface area contributed by atoms with Gasteiger partial charge in [0, 0.05) is 31.2 Å². The summed E-state index contributed by atoms with van der Waals surface area (Å²) in [7, 11) is 0. The molecule has 4 nitrogen and oxygen atoms in total. The lowest BCUT2D eigenvalue weighted by Gasteiger charge is -2.31. The van der Waals surface area contributed by atoms with Gasteiger partial charge in [-0.3, -0.25) is 4.98 Å². The third-order valence-corrected chi connectivity index (χ3v) is 3.64. The van der Waals surface area contributed by atoms with Gasteiger partial charge >= 0.3 is 5.97 Å². The van der Waals surface area contributed by atoms with Gasteiger partial charge in [-0.1, -0.05) is 6.07 Å². The van der Waals surface area contributed by atoms with Crippen LogP contribution in [0.25, 0.3) is 0 Å². The third kappa shape index (κ3) is 2.50. The first-order valence-electron chi connectivity index (χ1n) is 6.74. The van der Waals surface area contributed by atoms with E-state index in [9.17, 15) is 4.79 Å². The Bertz CT molecular complexity index is 626. The maximum absolute atomic E-state index is 11.0. The molecule has 1 aliphatic rings. The van der Waals surface area contributed by atoms with Crippen molar-refractivity contribution in [2.45, 2.75) is 19.4 Å². The normalized spacial score (nSPS) is 13.9. The fourth-order valence-corrected chi connectivity index (χ4v) is 2.68. The van der Waals surface area contributed by atoms with Crippen LogP contribution >= 0.6 is 0 Å². The number of hydrogen-bond donors (Lipinski definition) is 1. The Hall–Kier alpha value is -2.36. The quantitative estimate of drug-likeness (QED) is 0.930. The van der Waals surface area contributed by atoms with Crippen LogP contribution in [0.4, 0.5) is 5.69 Å². The summed E-state index contributed by atoms with van der Waals surface area (Å²) < 4.78 is 0. The van der Waals surface area contributed by atoms with Crippen LogP contribution in [0.15, 0.2) is 42.7 Å². The summed E-state index contributed by atoms with van der Waals surface area (Å²) in [5.41, 5.74) is 3.81. The number of hydrogen-bond acceptors (Lipinski definition) is 3. The molecule has 0 fully saturated rings. The molecule has 0 bridgehead atoms. The van der Waals surface area contributed by atoms with Gasteiger partial charge in [0.25, 0.3) is 0 Å². The third-order valence-electron chi connectivity index (χ3n) is 3.64. The van der Waals surface area contributed by atoms with Crippen LogP contribution in [0, 0.1) is 0 Å². The molecule has 1 aromatic carbocycles. The zero-order valence-corrected chi connectivity index (χ0v) is 11.1. The molecule has 1 N–H and O–H groups in total. The number of nitrogens with zero attached hydrogens (tertiary/aromatic N) is 2. The number of rotatable bonds is 3. The van der Waals surface area contributed by atoms with Crippen molar-refractivity contribution < 1.29 is 9.90 Å². The summed E-state index contributed by atoms with van der Waals surface area (Å²) in [6.07, 6.45) is 5.64. The molecule has 0 aliphatic carbocycles. The van der Waals surface area contributed by atoms with Crippen LogP contribution in [0.3, 0.4) is 0 Å². The maximum Gasteiger partial charge on any atom is 0.335 e. The van der Waals surface area contributed by atoms with Crippen LogP contribution in [0.2, 0.25) is 0 Å². The minimum Gasteiger partial charge on any atom is -0.478 e. The Labute approximate surface area is 117 Å². The van der Waals surface area contributed by atoms with Crippen LogP contribution in [0.5, 0.6) is 0 Å². The van der Waals surface area contributed by atoms with E-state index in [-0.39, 0.29) is 0 Å². The van der Waals surface area contributed by atoms with E-state index in [2.05, 4.69) is 16.0 Å². The largest absolute Gasteiger partial charge is 0.478 e. The summed E-state index contributed by atoms with van der Waals surface area (Å²) in [6.45, 7) is 1.81. The van der Waals surface area contributed by atoms with Crippen molar-refractivity contribution >= 4 is 11.7 Å². The highest BCUT2D eigenvalue weighted by Gasteiger charge is 2.18. The second kappa shape index (κ2) is 5.33. The lowest BCUT2D eigenvalue weighted by Crippen LogP contribution is -2.29. The van der Waals surface area contributed by atoms with Gasteiger partial charge in [0.15, 0.2) is 0 Å². The standard InChI is InChI=1S/C16H16N2O2/c19-16(20)14-5-6-15-13(9-14)4-2-8-18(15)11-12-3-1-7-17-10-12/h1,3,5-7,9-10H,2,4,8,11H2,(H,19,20). The van der Waals surface area contributed by atoms with Gasteiger partial charge in [0.1, 0.15) is 0 Å². The van der Waals surface area contributed by atoms with E-state index >= 15 is 0 Å². The van der Waals surface area contributed by atoms with E-state index < -0.39 is 5.97 Å². The average Bonchev–Trinajstić information content (AvgIpc) is 2.48. The Morgan fingerprint density at radius 3 is 3.00 bits per heavy atom. The molecule has 1 aliphatic heterocycles. The summed E-state index contributed by atoms with van der Waals surface area (Å²) >= 11 is 0. The van der Waals surface area contributed by atoms with E-state index in [0.717, 1.165) is 37.2 Å². The van der Waals surface area contributed by atoms with Gasteiger partial charge in [-0.25, -0.2) is 4.79 Å². The number of carboxylic acid groups (broad SMARTS) is 1. The van der Waals surface area contributed by atoms with Crippen LogP contribution < -0.4 is 4.90 Å². The first-order chi connectivity index (χ1) is 9.74. The molecule has 3 rings (SSSR count). The van der Waals surface area contributed by atoms with Crippen LogP contribution in [-0.4, -0.2) is 22.6 Å². The van der Waals surface area contributed by atoms with Gasteiger partial charge in [0.2, 0.25) is 0 Å². The molecule has 0 unspecified atom stereocenters. The van der Waals surface area contributed by atoms with E-state index in [0.29, 0.717) is 5.56 Å². The Morgan fingerprint density at radius 2 is 2.25 bits per heavy atom. The van der Waals surface area contributed by atoms with Crippen molar-refractivity contribution in [1.29, 1.82) is 0 Å². The van der Waals surface area contributed by atoms with Crippen LogP contribution in [-0.2, 0) is 13.0 Å². The second-order valence-electron chi connectivity index (χ2n) is 5.04. The second-order valence-corrected chi connectivity index (χ2v) is 5.04. The zero-order chi connectivity index (χ0) is 13.9. The van der Waals surface area contributed by atoms with Crippen molar-refractivity contribution in [3.05, 3.63) is 59.4 Å². The molecule has 2 heterocycles. The first kappa shape index (κ1) is 12.7. The SMILES string of the molecule is O=C(O)c1ccc2c(c1)CCCN2Cc1cccnc1. The Morgan fingerprint density at radius 1 is 1.35 bits per heavy atom. The minimum atomic E-state index is -0.864. The fraction of sp³-hybridized carbons (Fsp3) is 0.250. The number of pyridine rings is 1. The molecular formula is C16H16N2O2. The number of benzene rings is 1. The van der Waals surface area contributed by atoms with E-state index in [1.165, 1.54) is 5.56 Å². The lowest BCUT2D eigenvalue weighted by atomic mass is 9.99. The van der Waals surface area contributed by atoms with Crippen molar-refractivity contribution in [3.8, 4) is 0 Å². The molecule has 2 aromatic rings. The molecule has 4 heteroatoms. The lowest BCUT2D eigenvalue weighted by molar-refractivity contribution is 0.0697. The highest BCUT2D eigenvalue weighted by Crippen LogP contribution is 2.29. The smallest absolute Gasteiger partial charge is 0.335 e. The number of fused-ring (bicyclic) bond motifs is 1. The molecule has 0 radical (unpaired) electrons. The number of carbonyl (C=O) groups is 1. The molecule has 0 amide bonds. The monoisotopic (exact) mass is 268 g/mol. The summed E-state index contributed by atoms with van der Waals surface area (Å²) in [4.78, 5) is 17.5. The van der Waals surface area contributed by atoms with E-state index in [1.807, 2.05) is 18.3 Å². The van der Waals surface area contributed by atoms with Crippen molar-refractivity contribution in [2.24, 2.45) is 0 Å². The predicted octanol–water partition coefficient (Wildman–Crippen LogP) is 2.73. The average molecular weight is 268 g/mol.